The quantitative estimate of drug-likeness (QED) is 0.665. The molecule has 0 aliphatic heterocycles. The number of hydrogen-bond acceptors (Lipinski definition) is 6. The van der Waals surface area contributed by atoms with E-state index in [1.54, 1.807) is 17.2 Å². The van der Waals surface area contributed by atoms with Crippen molar-refractivity contribution in [2.45, 2.75) is 27.3 Å². The number of benzene rings is 1. The van der Waals surface area contributed by atoms with Gasteiger partial charge in [-0.15, -0.1) is 0 Å². The van der Waals surface area contributed by atoms with Crippen molar-refractivity contribution in [3.05, 3.63) is 47.4 Å². The molecule has 0 unspecified atom stereocenters. The van der Waals surface area contributed by atoms with Crippen molar-refractivity contribution in [1.29, 1.82) is 0 Å². The molecule has 2 aromatic heterocycles. The number of fused-ring (bicyclic) bond motifs is 1. The first kappa shape index (κ1) is 17.7. The molecule has 0 N–H and O–H groups in total. The number of aryl methyl sites for hydroxylation is 2. The summed E-state index contributed by atoms with van der Waals surface area (Å²) in [7, 11) is 0. The molecule has 0 aliphatic rings. The molecule has 7 heteroatoms. The van der Waals surface area contributed by atoms with Crippen LogP contribution in [0.3, 0.4) is 0 Å². The summed E-state index contributed by atoms with van der Waals surface area (Å²) in [6.07, 6.45) is 1.58. The lowest BCUT2D eigenvalue weighted by atomic mass is 10.1. The van der Waals surface area contributed by atoms with E-state index in [1.165, 1.54) is 18.3 Å². The van der Waals surface area contributed by atoms with Gasteiger partial charge in [-0.2, -0.15) is 0 Å². The molecule has 1 amide bonds. The number of rotatable bonds is 5. The van der Waals surface area contributed by atoms with Crippen LogP contribution >= 0.6 is 23.1 Å². The van der Waals surface area contributed by atoms with Crippen molar-refractivity contribution in [2.24, 2.45) is 0 Å². The molecule has 130 valence electrons. The van der Waals surface area contributed by atoms with Crippen molar-refractivity contribution in [2.75, 3.05) is 10.7 Å². The van der Waals surface area contributed by atoms with Gasteiger partial charge in [-0.25, -0.2) is 4.98 Å². The number of carbonyl (C=O) groups excluding carboxylic acids is 2. The summed E-state index contributed by atoms with van der Waals surface area (Å²) in [6.45, 7) is 5.82. The van der Waals surface area contributed by atoms with Gasteiger partial charge in [-0.3, -0.25) is 14.5 Å². The minimum Gasteiger partial charge on any atom is -0.467 e. The largest absolute Gasteiger partial charge is 0.467 e. The minimum absolute atomic E-state index is 0.0814. The summed E-state index contributed by atoms with van der Waals surface area (Å²) >= 11 is 2.49. The minimum atomic E-state index is -0.162. The van der Waals surface area contributed by atoms with Crippen molar-refractivity contribution in [3.8, 4) is 0 Å². The number of thiazole rings is 1. The lowest BCUT2D eigenvalue weighted by Crippen LogP contribution is -2.32. The molecule has 3 rings (SSSR count). The fourth-order valence-electron chi connectivity index (χ4n) is 2.54. The third-order valence-electron chi connectivity index (χ3n) is 3.63. The molecular weight excluding hydrogens is 356 g/mol. The van der Waals surface area contributed by atoms with Gasteiger partial charge in [-0.05, 0) is 43.2 Å². The third kappa shape index (κ3) is 4.11. The number of carbonyl (C=O) groups is 2. The third-order valence-corrected chi connectivity index (χ3v) is 5.66. The van der Waals surface area contributed by atoms with Crippen LogP contribution in [0.4, 0.5) is 5.13 Å². The molecule has 5 nitrogen and oxygen atoms in total. The second kappa shape index (κ2) is 7.41. The Balaban J connectivity index is 1.96. The Morgan fingerprint density at radius 1 is 1.32 bits per heavy atom. The average molecular weight is 374 g/mol. The molecule has 0 radical (unpaired) electrons. The summed E-state index contributed by atoms with van der Waals surface area (Å²) in [4.78, 5) is 30.1. The number of hydrogen-bond donors (Lipinski definition) is 0. The number of amides is 1. The Hall–Kier alpha value is -2.12. The van der Waals surface area contributed by atoms with Crippen LogP contribution in [-0.4, -0.2) is 21.8 Å². The smallest absolute Gasteiger partial charge is 0.239 e. The molecule has 0 spiro atoms. The number of furan rings is 1. The second-order valence-electron chi connectivity index (χ2n) is 5.77. The number of thioether (sulfide) groups is 1. The van der Waals surface area contributed by atoms with Crippen LogP contribution in [-0.2, 0) is 16.1 Å². The van der Waals surface area contributed by atoms with Gasteiger partial charge in [0.05, 0.1) is 28.8 Å². The fraction of sp³-hybridized carbons (Fsp3) is 0.278. The fourth-order valence-corrected chi connectivity index (χ4v) is 4.06. The SMILES string of the molecule is CC(=O)SCC(=O)N(Cc1ccco1)c1nc2cc(C)cc(C)c2s1. The van der Waals surface area contributed by atoms with Crippen molar-refractivity contribution < 1.29 is 14.0 Å². The molecule has 1 aromatic carbocycles. The number of aromatic nitrogens is 1. The molecule has 2 heterocycles. The first-order valence-corrected chi connectivity index (χ1v) is 9.58. The van der Waals surface area contributed by atoms with Crippen LogP contribution in [0, 0.1) is 13.8 Å². The first-order chi connectivity index (χ1) is 11.9. The summed E-state index contributed by atoms with van der Waals surface area (Å²) in [6, 6.07) is 7.73. The summed E-state index contributed by atoms with van der Waals surface area (Å²) in [5.74, 6) is 0.600. The predicted octanol–water partition coefficient (Wildman–Crippen LogP) is 4.32. The van der Waals surface area contributed by atoms with Crippen molar-refractivity contribution in [1.82, 2.24) is 4.98 Å². The first-order valence-electron chi connectivity index (χ1n) is 7.78. The van der Waals surface area contributed by atoms with Crippen LogP contribution in [0.25, 0.3) is 10.2 Å². The normalized spacial score (nSPS) is 11.0. The molecular formula is C18H18N2O3S2. The lowest BCUT2D eigenvalue weighted by Gasteiger charge is -2.18. The van der Waals surface area contributed by atoms with Gasteiger partial charge in [0.2, 0.25) is 5.91 Å². The maximum absolute atomic E-state index is 12.7. The molecule has 0 atom stereocenters. The number of anilines is 1. The Bertz CT molecular complexity index is 916. The van der Waals surface area contributed by atoms with Gasteiger partial charge in [0.25, 0.3) is 0 Å². The summed E-state index contributed by atoms with van der Waals surface area (Å²) in [5.41, 5.74) is 3.16. The van der Waals surface area contributed by atoms with E-state index in [2.05, 4.69) is 11.1 Å². The van der Waals surface area contributed by atoms with Gasteiger partial charge in [0.1, 0.15) is 5.76 Å². The van der Waals surface area contributed by atoms with E-state index in [9.17, 15) is 9.59 Å². The lowest BCUT2D eigenvalue weighted by molar-refractivity contribution is -0.116. The molecule has 3 aromatic rings. The van der Waals surface area contributed by atoms with E-state index in [4.69, 9.17) is 4.42 Å². The average Bonchev–Trinajstić information content (AvgIpc) is 3.19. The van der Waals surface area contributed by atoms with E-state index in [0.717, 1.165) is 33.1 Å². The Morgan fingerprint density at radius 3 is 2.80 bits per heavy atom. The molecule has 0 bridgehead atoms. The van der Waals surface area contributed by atoms with Crippen LogP contribution in [0.2, 0.25) is 0 Å². The highest BCUT2D eigenvalue weighted by Gasteiger charge is 2.22. The topological polar surface area (TPSA) is 63.4 Å². The molecule has 0 aliphatic carbocycles. The highest BCUT2D eigenvalue weighted by Crippen LogP contribution is 2.33. The van der Waals surface area contributed by atoms with Crippen molar-refractivity contribution in [3.63, 3.8) is 0 Å². The van der Waals surface area contributed by atoms with Crippen LogP contribution in [0.1, 0.15) is 23.8 Å². The standard InChI is InChI=1S/C18H18N2O3S2/c1-11-7-12(2)17-15(8-11)19-18(25-17)20(9-14-5-4-6-23-14)16(22)10-24-13(3)21/h4-8H,9-10H2,1-3H3. The van der Waals surface area contributed by atoms with E-state index in [1.807, 2.05) is 26.0 Å². The van der Waals surface area contributed by atoms with Crippen molar-refractivity contribution >= 4 is 49.5 Å². The molecule has 25 heavy (non-hydrogen) atoms. The predicted molar refractivity (Wildman–Crippen MR) is 102 cm³/mol. The van der Waals surface area contributed by atoms with Gasteiger partial charge < -0.3 is 4.42 Å². The Labute approximate surface area is 154 Å². The Kier molecular flexibility index (Phi) is 5.24. The van der Waals surface area contributed by atoms with Gasteiger partial charge in [-0.1, -0.05) is 29.2 Å². The highest BCUT2D eigenvalue weighted by atomic mass is 32.2. The van der Waals surface area contributed by atoms with E-state index in [0.29, 0.717) is 17.4 Å². The second-order valence-corrected chi connectivity index (χ2v) is 7.90. The van der Waals surface area contributed by atoms with Gasteiger partial charge in [0.15, 0.2) is 10.2 Å². The maximum atomic E-state index is 12.7. The summed E-state index contributed by atoms with van der Waals surface area (Å²) < 4.78 is 6.45. The van der Waals surface area contributed by atoms with E-state index < -0.39 is 0 Å². The Morgan fingerprint density at radius 2 is 2.12 bits per heavy atom. The highest BCUT2D eigenvalue weighted by molar-refractivity contribution is 8.14. The van der Waals surface area contributed by atoms with Gasteiger partial charge in [0, 0.05) is 6.92 Å². The maximum Gasteiger partial charge on any atom is 0.239 e. The zero-order valence-electron chi connectivity index (χ0n) is 14.2. The van der Waals surface area contributed by atoms with E-state index in [-0.39, 0.29) is 16.8 Å². The van der Waals surface area contributed by atoms with Crippen LogP contribution < -0.4 is 4.90 Å². The van der Waals surface area contributed by atoms with Crippen LogP contribution in [0.5, 0.6) is 0 Å². The van der Waals surface area contributed by atoms with Gasteiger partial charge >= 0.3 is 0 Å². The zero-order valence-corrected chi connectivity index (χ0v) is 15.9. The molecule has 0 fully saturated rings. The molecule has 0 saturated heterocycles. The van der Waals surface area contributed by atoms with E-state index >= 15 is 0 Å². The zero-order chi connectivity index (χ0) is 18.0. The van der Waals surface area contributed by atoms with Crippen LogP contribution in [0.15, 0.2) is 34.9 Å². The monoisotopic (exact) mass is 374 g/mol. The molecule has 0 saturated carbocycles. The summed E-state index contributed by atoms with van der Waals surface area (Å²) in [5, 5.41) is 0.538. The number of nitrogens with zero attached hydrogens (tertiary/aromatic N) is 2.